The maximum atomic E-state index is 13.9. The Morgan fingerprint density at radius 2 is 0.739 bits per heavy atom. The molecule has 0 saturated heterocycles. The van der Waals surface area contributed by atoms with Gasteiger partial charge in [-0.15, -0.1) is 0 Å². The minimum atomic E-state index is -0.0150. The predicted octanol–water partition coefficient (Wildman–Crippen LogP) is 10.6. The molecule has 0 aliphatic heterocycles. The molecule has 3 heteroatoms. The second-order valence-electron chi connectivity index (χ2n) is 11.7. The summed E-state index contributed by atoms with van der Waals surface area (Å²) in [4.78, 5) is 13.9. The van der Waals surface area contributed by atoms with Gasteiger partial charge in [0.1, 0.15) is 0 Å². The summed E-state index contributed by atoms with van der Waals surface area (Å²) in [6, 6.07) is 58.9. The fourth-order valence-corrected chi connectivity index (χ4v) is 6.95. The number of hydrogen-bond donors (Lipinski definition) is 0. The van der Waals surface area contributed by atoms with Gasteiger partial charge in [0.05, 0.1) is 16.6 Å². The average Bonchev–Trinajstić information content (AvgIpc) is 3.47. The highest BCUT2D eigenvalue weighted by Crippen LogP contribution is 2.34. The number of fused-ring (bicyclic) bond motifs is 6. The van der Waals surface area contributed by atoms with Gasteiger partial charge in [-0.05, 0) is 82.2 Å². The maximum Gasteiger partial charge on any atom is 0.263 e. The van der Waals surface area contributed by atoms with E-state index in [0.29, 0.717) is 5.39 Å². The Balaban J connectivity index is 1.12. The van der Waals surface area contributed by atoms with Gasteiger partial charge in [0.2, 0.25) is 0 Å². The van der Waals surface area contributed by atoms with Gasteiger partial charge in [0, 0.05) is 32.9 Å². The summed E-state index contributed by atoms with van der Waals surface area (Å²) >= 11 is 0. The number of pyridine rings is 1. The molecule has 46 heavy (non-hydrogen) atoms. The van der Waals surface area contributed by atoms with Crippen LogP contribution in [0.1, 0.15) is 0 Å². The van der Waals surface area contributed by atoms with Crippen LogP contribution in [0, 0.1) is 0 Å². The number of hydrogen-bond acceptors (Lipinski definition) is 1. The molecule has 216 valence electrons. The van der Waals surface area contributed by atoms with Crippen LogP contribution in [0.2, 0.25) is 0 Å². The van der Waals surface area contributed by atoms with Crippen LogP contribution in [0.4, 0.5) is 0 Å². The molecule has 0 radical (unpaired) electrons. The second-order valence-corrected chi connectivity index (χ2v) is 11.7. The Morgan fingerprint density at radius 3 is 1.35 bits per heavy atom. The van der Waals surface area contributed by atoms with Crippen LogP contribution in [0.25, 0.3) is 77.1 Å². The Hall–Kier alpha value is -6.19. The molecule has 0 bridgehead atoms. The van der Waals surface area contributed by atoms with Crippen molar-refractivity contribution in [3.63, 3.8) is 0 Å². The third-order valence-corrected chi connectivity index (χ3v) is 9.16. The SMILES string of the molecule is O=c1c2ccccc2c2cc(-c3ccccc3)ccc2n1-c1ccc(-c2ccc(-n3c4ccccc4c4ccccc43)cc2)cc1. The van der Waals surface area contributed by atoms with Crippen LogP contribution in [-0.2, 0) is 0 Å². The van der Waals surface area contributed by atoms with Crippen LogP contribution >= 0.6 is 0 Å². The van der Waals surface area contributed by atoms with Gasteiger partial charge in [-0.25, -0.2) is 0 Å². The molecule has 7 aromatic carbocycles. The molecule has 2 heterocycles. The van der Waals surface area contributed by atoms with E-state index in [4.69, 9.17) is 0 Å². The number of nitrogens with zero attached hydrogens (tertiary/aromatic N) is 2. The maximum absolute atomic E-state index is 13.9. The lowest BCUT2D eigenvalue weighted by Gasteiger charge is -2.15. The largest absolute Gasteiger partial charge is 0.309 e. The molecule has 0 amide bonds. The van der Waals surface area contributed by atoms with Gasteiger partial charge in [-0.1, -0.05) is 115 Å². The van der Waals surface area contributed by atoms with Gasteiger partial charge in [0.25, 0.3) is 5.56 Å². The molecule has 0 spiro atoms. The van der Waals surface area contributed by atoms with Crippen LogP contribution < -0.4 is 5.56 Å². The highest BCUT2D eigenvalue weighted by molar-refractivity contribution is 6.09. The highest BCUT2D eigenvalue weighted by atomic mass is 16.1. The fourth-order valence-electron chi connectivity index (χ4n) is 6.95. The molecular weight excluding hydrogens is 560 g/mol. The van der Waals surface area contributed by atoms with Crippen LogP contribution in [0.15, 0.2) is 175 Å². The van der Waals surface area contributed by atoms with Crippen molar-refractivity contribution in [2.45, 2.75) is 0 Å². The number of aromatic nitrogens is 2. The third-order valence-electron chi connectivity index (χ3n) is 9.16. The average molecular weight is 589 g/mol. The molecule has 0 unspecified atom stereocenters. The highest BCUT2D eigenvalue weighted by Gasteiger charge is 2.14. The van der Waals surface area contributed by atoms with E-state index in [1.54, 1.807) is 0 Å². The van der Waals surface area contributed by atoms with E-state index >= 15 is 0 Å². The smallest absolute Gasteiger partial charge is 0.263 e. The number of para-hydroxylation sites is 2. The Labute approximate surface area is 265 Å². The van der Waals surface area contributed by atoms with Crippen molar-refractivity contribution < 1.29 is 0 Å². The van der Waals surface area contributed by atoms with Gasteiger partial charge < -0.3 is 4.57 Å². The summed E-state index contributed by atoms with van der Waals surface area (Å²) in [6.45, 7) is 0. The van der Waals surface area contributed by atoms with Gasteiger partial charge in [-0.3, -0.25) is 9.36 Å². The normalized spacial score (nSPS) is 11.6. The standard InChI is InChI=1S/C43H28N2O/c46-43-38-15-5-4-12-35(38)39-28-32(29-10-2-1-3-11-29)22-27-42(39)45(43)34-25-20-31(21-26-34)30-18-23-33(24-19-30)44-40-16-8-6-13-36(40)37-14-7-9-17-41(37)44/h1-28H. The molecule has 9 aromatic rings. The van der Waals surface area contributed by atoms with Crippen LogP contribution in [0.3, 0.4) is 0 Å². The van der Waals surface area contributed by atoms with E-state index in [2.05, 4.69) is 144 Å². The summed E-state index contributed by atoms with van der Waals surface area (Å²) < 4.78 is 4.18. The van der Waals surface area contributed by atoms with Crippen molar-refractivity contribution in [2.24, 2.45) is 0 Å². The van der Waals surface area contributed by atoms with E-state index in [9.17, 15) is 4.79 Å². The predicted molar refractivity (Wildman–Crippen MR) is 192 cm³/mol. The van der Waals surface area contributed by atoms with E-state index in [1.165, 1.54) is 21.8 Å². The van der Waals surface area contributed by atoms with Crippen molar-refractivity contribution in [1.29, 1.82) is 0 Å². The van der Waals surface area contributed by atoms with Crippen molar-refractivity contribution >= 4 is 43.5 Å². The van der Waals surface area contributed by atoms with E-state index in [0.717, 1.165) is 49.9 Å². The van der Waals surface area contributed by atoms with Crippen LogP contribution in [-0.4, -0.2) is 9.13 Å². The van der Waals surface area contributed by atoms with Gasteiger partial charge in [-0.2, -0.15) is 0 Å². The van der Waals surface area contributed by atoms with Crippen molar-refractivity contribution in [2.75, 3.05) is 0 Å². The van der Waals surface area contributed by atoms with Crippen molar-refractivity contribution in [3.05, 3.63) is 180 Å². The molecule has 0 fully saturated rings. The summed E-state index contributed by atoms with van der Waals surface area (Å²) in [5.74, 6) is 0. The monoisotopic (exact) mass is 588 g/mol. The van der Waals surface area contributed by atoms with Crippen molar-refractivity contribution in [3.8, 4) is 33.6 Å². The fraction of sp³-hybridized carbons (Fsp3) is 0. The number of benzene rings is 7. The molecular formula is C43H28N2O. The minimum absolute atomic E-state index is 0.0150. The lowest BCUT2D eigenvalue weighted by atomic mass is 9.99. The topological polar surface area (TPSA) is 26.9 Å². The molecule has 0 aliphatic rings. The van der Waals surface area contributed by atoms with Crippen LogP contribution in [0.5, 0.6) is 0 Å². The van der Waals surface area contributed by atoms with Crippen molar-refractivity contribution in [1.82, 2.24) is 9.13 Å². The Morgan fingerprint density at radius 1 is 0.304 bits per heavy atom. The zero-order valence-corrected chi connectivity index (χ0v) is 25.0. The molecule has 0 atom stereocenters. The summed E-state index contributed by atoms with van der Waals surface area (Å²) in [5, 5.41) is 5.25. The quantitative estimate of drug-likeness (QED) is 0.188. The molecule has 9 rings (SSSR count). The zero-order valence-electron chi connectivity index (χ0n) is 25.0. The van der Waals surface area contributed by atoms with E-state index in [1.807, 2.05) is 34.9 Å². The minimum Gasteiger partial charge on any atom is -0.309 e. The third kappa shape index (κ3) is 4.10. The van der Waals surface area contributed by atoms with E-state index in [-0.39, 0.29) is 5.56 Å². The molecule has 3 nitrogen and oxygen atoms in total. The van der Waals surface area contributed by atoms with Gasteiger partial charge >= 0.3 is 0 Å². The Kier molecular flexibility index (Phi) is 5.97. The molecule has 0 N–H and O–H groups in total. The number of rotatable bonds is 4. The first-order chi connectivity index (χ1) is 22.7. The summed E-state index contributed by atoms with van der Waals surface area (Å²) in [5.41, 5.74) is 9.75. The first-order valence-electron chi connectivity index (χ1n) is 15.6. The first-order valence-corrected chi connectivity index (χ1v) is 15.6. The first kappa shape index (κ1) is 26.2. The summed E-state index contributed by atoms with van der Waals surface area (Å²) in [7, 11) is 0. The molecule has 0 saturated carbocycles. The van der Waals surface area contributed by atoms with Gasteiger partial charge in [0.15, 0.2) is 0 Å². The lowest BCUT2D eigenvalue weighted by molar-refractivity contribution is 1.06. The lowest BCUT2D eigenvalue weighted by Crippen LogP contribution is -2.19. The molecule has 0 aliphatic carbocycles. The van der Waals surface area contributed by atoms with E-state index < -0.39 is 0 Å². The zero-order chi connectivity index (χ0) is 30.6. The summed E-state index contributed by atoms with van der Waals surface area (Å²) in [6.07, 6.45) is 0. The second kappa shape index (κ2) is 10.5. The Bertz CT molecular complexity index is 2570. The molecule has 2 aromatic heterocycles.